The average molecular weight is 376 g/mol. The highest BCUT2D eigenvalue weighted by Gasteiger charge is 2.14. The first kappa shape index (κ1) is 17.6. The summed E-state index contributed by atoms with van der Waals surface area (Å²) in [6.07, 6.45) is -0.359. The monoisotopic (exact) mass is 375 g/mol. The first-order chi connectivity index (χ1) is 12.0. The summed E-state index contributed by atoms with van der Waals surface area (Å²) >= 11 is 7.44. The van der Waals surface area contributed by atoms with E-state index in [1.54, 1.807) is 25.1 Å². The Morgan fingerprint density at radius 3 is 2.76 bits per heavy atom. The van der Waals surface area contributed by atoms with Crippen molar-refractivity contribution in [3.8, 4) is 10.6 Å². The van der Waals surface area contributed by atoms with E-state index in [1.165, 1.54) is 23.5 Å². The first-order valence-corrected chi connectivity index (χ1v) is 8.92. The summed E-state index contributed by atoms with van der Waals surface area (Å²) in [5, 5.41) is 3.28. The Hall–Kier alpha value is -2.24. The molecule has 3 rings (SSSR count). The molecule has 128 valence electrons. The molecule has 1 unspecified atom stereocenters. The Bertz CT molecular complexity index is 879. The average Bonchev–Trinajstić information content (AvgIpc) is 3.03. The number of benzene rings is 2. The molecule has 0 saturated carbocycles. The van der Waals surface area contributed by atoms with Gasteiger partial charge in [-0.2, -0.15) is 0 Å². The number of rotatable bonds is 5. The van der Waals surface area contributed by atoms with Crippen molar-refractivity contribution in [2.24, 2.45) is 0 Å². The molecular formula is C19H15ClFNO2S. The summed E-state index contributed by atoms with van der Waals surface area (Å²) in [4.78, 5) is 16.6. The van der Waals surface area contributed by atoms with Gasteiger partial charge in [0.05, 0.1) is 12.1 Å². The second-order valence-corrected chi connectivity index (χ2v) is 6.81. The van der Waals surface area contributed by atoms with Crippen molar-refractivity contribution in [3.05, 3.63) is 76.0 Å². The van der Waals surface area contributed by atoms with Gasteiger partial charge in [0.2, 0.25) is 0 Å². The molecule has 0 aliphatic heterocycles. The van der Waals surface area contributed by atoms with Gasteiger partial charge in [0.25, 0.3) is 0 Å². The van der Waals surface area contributed by atoms with E-state index in [0.29, 0.717) is 10.7 Å². The van der Waals surface area contributed by atoms with E-state index < -0.39 is 6.10 Å². The number of hydrogen-bond acceptors (Lipinski definition) is 4. The minimum atomic E-state index is -0.445. The van der Waals surface area contributed by atoms with Crippen molar-refractivity contribution in [1.82, 2.24) is 4.98 Å². The quantitative estimate of drug-likeness (QED) is 0.556. The molecule has 2 aromatic carbocycles. The van der Waals surface area contributed by atoms with Gasteiger partial charge in [-0.1, -0.05) is 35.9 Å². The third kappa shape index (κ3) is 4.65. The summed E-state index contributed by atoms with van der Waals surface area (Å²) in [6.45, 7) is 1.75. The molecule has 6 heteroatoms. The van der Waals surface area contributed by atoms with E-state index in [1.807, 2.05) is 23.6 Å². The summed E-state index contributed by atoms with van der Waals surface area (Å²) in [7, 11) is 0. The summed E-state index contributed by atoms with van der Waals surface area (Å²) in [6, 6.07) is 13.3. The number of carbonyl (C=O) groups is 1. The van der Waals surface area contributed by atoms with Gasteiger partial charge in [0, 0.05) is 16.0 Å². The first-order valence-electron chi connectivity index (χ1n) is 7.66. The van der Waals surface area contributed by atoms with Gasteiger partial charge in [-0.25, -0.2) is 9.37 Å². The van der Waals surface area contributed by atoms with Crippen molar-refractivity contribution in [3.63, 3.8) is 0 Å². The number of esters is 1. The predicted molar refractivity (Wildman–Crippen MR) is 97.2 cm³/mol. The molecule has 0 spiro atoms. The molecule has 25 heavy (non-hydrogen) atoms. The lowest BCUT2D eigenvalue weighted by Crippen LogP contribution is -2.11. The van der Waals surface area contributed by atoms with Crippen LogP contribution in [0.1, 0.15) is 24.3 Å². The van der Waals surface area contributed by atoms with Crippen molar-refractivity contribution in [2.75, 3.05) is 0 Å². The zero-order valence-electron chi connectivity index (χ0n) is 13.4. The van der Waals surface area contributed by atoms with Crippen LogP contribution in [0.5, 0.6) is 0 Å². The second-order valence-electron chi connectivity index (χ2n) is 5.51. The van der Waals surface area contributed by atoms with Crippen LogP contribution in [0, 0.1) is 5.82 Å². The zero-order valence-corrected chi connectivity index (χ0v) is 15.0. The van der Waals surface area contributed by atoms with E-state index in [4.69, 9.17) is 16.3 Å². The third-order valence-electron chi connectivity index (χ3n) is 3.60. The van der Waals surface area contributed by atoms with Crippen LogP contribution < -0.4 is 0 Å². The Labute approximate surface area is 154 Å². The zero-order chi connectivity index (χ0) is 17.8. The molecule has 1 heterocycles. The number of nitrogens with zero attached hydrogens (tertiary/aromatic N) is 1. The molecule has 3 aromatic rings. The van der Waals surface area contributed by atoms with Crippen LogP contribution in [0.25, 0.3) is 10.6 Å². The number of hydrogen-bond donors (Lipinski definition) is 0. The fourth-order valence-electron chi connectivity index (χ4n) is 2.33. The smallest absolute Gasteiger partial charge is 0.312 e. The van der Waals surface area contributed by atoms with Crippen LogP contribution in [-0.2, 0) is 16.0 Å². The molecule has 0 bridgehead atoms. The lowest BCUT2D eigenvalue weighted by Gasteiger charge is -2.13. The summed E-state index contributed by atoms with van der Waals surface area (Å²) < 4.78 is 18.3. The molecule has 0 fully saturated rings. The molecule has 0 N–H and O–H groups in total. The Morgan fingerprint density at radius 1 is 1.28 bits per heavy atom. The van der Waals surface area contributed by atoms with Crippen LogP contribution in [0.2, 0.25) is 5.02 Å². The lowest BCUT2D eigenvalue weighted by atomic mass is 10.1. The lowest BCUT2D eigenvalue weighted by molar-refractivity contribution is -0.147. The second kappa shape index (κ2) is 7.76. The number of ether oxygens (including phenoxy) is 1. The van der Waals surface area contributed by atoms with Crippen LogP contribution in [-0.4, -0.2) is 11.0 Å². The highest BCUT2D eigenvalue weighted by atomic mass is 35.5. The Balaban J connectivity index is 1.62. The molecule has 3 nitrogen and oxygen atoms in total. The summed E-state index contributed by atoms with van der Waals surface area (Å²) in [5.74, 6) is -0.696. The molecule has 1 atom stereocenters. The van der Waals surface area contributed by atoms with E-state index >= 15 is 0 Å². The maximum atomic E-state index is 12.9. The van der Waals surface area contributed by atoms with E-state index in [2.05, 4.69) is 4.98 Å². The number of thiazole rings is 1. The Kier molecular flexibility index (Phi) is 5.46. The third-order valence-corrected chi connectivity index (χ3v) is 4.77. The molecule has 1 aromatic heterocycles. The molecule has 0 saturated heterocycles. The SMILES string of the molecule is CC(OC(=O)Cc1csc(-c2cccc(Cl)c2)n1)c1ccc(F)cc1. The van der Waals surface area contributed by atoms with Gasteiger partial charge in [-0.05, 0) is 36.8 Å². The van der Waals surface area contributed by atoms with Crippen molar-refractivity contribution >= 4 is 28.9 Å². The minimum absolute atomic E-state index is 0.0859. The molecule has 0 aliphatic rings. The summed E-state index contributed by atoms with van der Waals surface area (Å²) in [5.41, 5.74) is 2.31. The van der Waals surface area contributed by atoms with E-state index in [0.717, 1.165) is 16.1 Å². The fourth-order valence-corrected chi connectivity index (χ4v) is 3.34. The fraction of sp³-hybridized carbons (Fsp3) is 0.158. The molecule has 0 radical (unpaired) electrons. The van der Waals surface area contributed by atoms with Gasteiger partial charge in [0.15, 0.2) is 0 Å². The molecule has 0 aliphatic carbocycles. The minimum Gasteiger partial charge on any atom is -0.457 e. The largest absolute Gasteiger partial charge is 0.457 e. The predicted octanol–water partition coefficient (Wildman–Crippen LogP) is 5.45. The number of aromatic nitrogens is 1. The highest BCUT2D eigenvalue weighted by molar-refractivity contribution is 7.13. The van der Waals surface area contributed by atoms with Crippen LogP contribution in [0.3, 0.4) is 0 Å². The van der Waals surface area contributed by atoms with Crippen LogP contribution in [0.15, 0.2) is 53.9 Å². The maximum Gasteiger partial charge on any atom is 0.312 e. The van der Waals surface area contributed by atoms with Crippen LogP contribution >= 0.6 is 22.9 Å². The van der Waals surface area contributed by atoms with E-state index in [9.17, 15) is 9.18 Å². The van der Waals surface area contributed by atoms with Gasteiger partial charge in [-0.3, -0.25) is 4.79 Å². The highest BCUT2D eigenvalue weighted by Crippen LogP contribution is 2.26. The van der Waals surface area contributed by atoms with Gasteiger partial charge < -0.3 is 4.74 Å². The maximum absolute atomic E-state index is 12.9. The van der Waals surface area contributed by atoms with Gasteiger partial charge in [0.1, 0.15) is 16.9 Å². The standard InChI is InChI=1S/C19H15ClFNO2S/c1-12(13-5-7-16(21)8-6-13)24-18(23)10-17-11-25-19(22-17)14-3-2-4-15(20)9-14/h2-9,11-12H,10H2,1H3. The van der Waals surface area contributed by atoms with E-state index in [-0.39, 0.29) is 18.2 Å². The Morgan fingerprint density at radius 2 is 2.04 bits per heavy atom. The van der Waals surface area contributed by atoms with Gasteiger partial charge in [-0.15, -0.1) is 11.3 Å². The number of halogens is 2. The van der Waals surface area contributed by atoms with Crippen molar-refractivity contribution < 1.29 is 13.9 Å². The van der Waals surface area contributed by atoms with Crippen molar-refractivity contribution in [1.29, 1.82) is 0 Å². The van der Waals surface area contributed by atoms with Crippen molar-refractivity contribution in [2.45, 2.75) is 19.4 Å². The topological polar surface area (TPSA) is 39.2 Å². The normalized spacial score (nSPS) is 12.0. The van der Waals surface area contributed by atoms with Crippen LogP contribution in [0.4, 0.5) is 4.39 Å². The molecule has 0 amide bonds. The van der Waals surface area contributed by atoms with Gasteiger partial charge >= 0.3 is 5.97 Å². The molecular weight excluding hydrogens is 361 g/mol. The number of carbonyl (C=O) groups excluding carboxylic acids is 1.